The van der Waals surface area contributed by atoms with Crippen LogP contribution in [0.3, 0.4) is 0 Å². The van der Waals surface area contributed by atoms with Crippen LogP contribution in [0.5, 0.6) is 0 Å². The molecule has 0 heterocycles. The third kappa shape index (κ3) is 65.8. The third-order valence-electron chi connectivity index (χ3n) is 13.8. The molecule has 462 valence electrons. The number of hydrogen-bond acceptors (Lipinski definition) is 6. The zero-order valence-corrected chi connectivity index (χ0v) is 52.9. The van der Waals surface area contributed by atoms with Gasteiger partial charge in [-0.3, -0.25) is 14.4 Å². The Kier molecular flexibility index (Phi) is 64.4. The number of esters is 3. The van der Waals surface area contributed by atoms with Crippen LogP contribution in [0.2, 0.25) is 0 Å². The van der Waals surface area contributed by atoms with Gasteiger partial charge in [0, 0.05) is 19.3 Å². The van der Waals surface area contributed by atoms with Gasteiger partial charge in [-0.2, -0.15) is 0 Å². The zero-order valence-electron chi connectivity index (χ0n) is 52.9. The first kappa shape index (κ1) is 77.0. The highest BCUT2D eigenvalue weighted by atomic mass is 16.6. The molecule has 0 saturated carbocycles. The van der Waals surface area contributed by atoms with Gasteiger partial charge in [0.05, 0.1) is 0 Å². The first-order chi connectivity index (χ1) is 40.5. The van der Waals surface area contributed by atoms with Gasteiger partial charge in [-0.25, -0.2) is 0 Å². The summed E-state index contributed by atoms with van der Waals surface area (Å²) in [5, 5.41) is 0. The number of carbonyl (C=O) groups excluding carboxylic acids is 3. The van der Waals surface area contributed by atoms with E-state index >= 15 is 0 Å². The maximum absolute atomic E-state index is 12.9. The van der Waals surface area contributed by atoms with Crippen LogP contribution in [0, 0.1) is 0 Å². The zero-order chi connectivity index (χ0) is 59.2. The highest BCUT2D eigenvalue weighted by Gasteiger charge is 2.19. The normalized spacial score (nSPS) is 13.2. The second kappa shape index (κ2) is 68.5. The van der Waals surface area contributed by atoms with Crippen molar-refractivity contribution in [2.24, 2.45) is 0 Å². The van der Waals surface area contributed by atoms with E-state index in [0.717, 1.165) is 154 Å². The second-order valence-electron chi connectivity index (χ2n) is 21.6. The van der Waals surface area contributed by atoms with E-state index in [1.54, 1.807) is 0 Å². The predicted octanol–water partition coefficient (Wildman–Crippen LogP) is 23.3. The Morgan fingerprint density at radius 1 is 0.256 bits per heavy atom. The number of carbonyl (C=O) groups is 3. The number of unbranched alkanes of at least 4 members (excludes halogenated alkanes) is 22. The van der Waals surface area contributed by atoms with Gasteiger partial charge >= 0.3 is 17.9 Å². The van der Waals surface area contributed by atoms with Gasteiger partial charge in [0.25, 0.3) is 0 Å². The molecule has 0 aromatic rings. The Labute approximate surface area is 505 Å². The van der Waals surface area contributed by atoms with Crippen LogP contribution in [-0.4, -0.2) is 37.2 Å². The van der Waals surface area contributed by atoms with Crippen LogP contribution in [0.25, 0.3) is 0 Å². The molecule has 0 spiro atoms. The molecule has 0 saturated heterocycles. The number of ether oxygens (including phenoxy) is 3. The molecule has 0 amide bonds. The molecular formula is C76H122O6. The smallest absolute Gasteiger partial charge is 0.306 e. The van der Waals surface area contributed by atoms with Crippen LogP contribution in [0.4, 0.5) is 0 Å². The Morgan fingerprint density at radius 3 is 0.744 bits per heavy atom. The maximum atomic E-state index is 12.9. The van der Waals surface area contributed by atoms with E-state index in [1.165, 1.54) is 89.9 Å². The molecule has 0 aliphatic heterocycles. The van der Waals surface area contributed by atoms with Crippen LogP contribution in [0.1, 0.15) is 284 Å². The minimum atomic E-state index is -0.797. The van der Waals surface area contributed by atoms with E-state index in [-0.39, 0.29) is 31.1 Å². The van der Waals surface area contributed by atoms with Crippen molar-refractivity contribution in [1.29, 1.82) is 0 Å². The lowest BCUT2D eigenvalue weighted by atomic mass is 10.1. The summed E-state index contributed by atoms with van der Waals surface area (Å²) in [5.41, 5.74) is 0. The SMILES string of the molecule is CC/C=C\C/C=C\C/C=C\C/C=C\C/C=C\C/C=C\C/C=C\C/C=C\C/C=C\C/C=C\CCCCCCC(=O)OCC(COC(=O)CCCCCCCC)OC(=O)CCCCCCCCCC/C=C\C/C=C\C/C=C\CCCCCCC. The molecule has 0 N–H and O–H groups in total. The fourth-order valence-electron chi connectivity index (χ4n) is 8.77. The van der Waals surface area contributed by atoms with Crippen molar-refractivity contribution in [2.75, 3.05) is 13.2 Å². The molecule has 0 bridgehead atoms. The largest absolute Gasteiger partial charge is 0.462 e. The fraction of sp³-hybridized carbons (Fsp3) is 0.618. The topological polar surface area (TPSA) is 78.9 Å². The highest BCUT2D eigenvalue weighted by molar-refractivity contribution is 5.71. The molecule has 0 aromatic carbocycles. The summed E-state index contributed by atoms with van der Waals surface area (Å²) in [6, 6.07) is 0. The van der Waals surface area contributed by atoms with Crippen molar-refractivity contribution in [1.82, 2.24) is 0 Å². The molecule has 0 aliphatic rings. The monoisotopic (exact) mass is 1130 g/mol. The van der Waals surface area contributed by atoms with Crippen LogP contribution < -0.4 is 0 Å². The molecule has 0 aliphatic carbocycles. The summed E-state index contributed by atoms with van der Waals surface area (Å²) in [5.74, 6) is -0.939. The molecule has 0 rings (SSSR count). The first-order valence-electron chi connectivity index (χ1n) is 33.5. The Balaban J connectivity index is 4.19. The van der Waals surface area contributed by atoms with Crippen LogP contribution >= 0.6 is 0 Å². The van der Waals surface area contributed by atoms with Crippen LogP contribution in [0.15, 0.2) is 158 Å². The molecule has 6 heteroatoms. The Morgan fingerprint density at radius 2 is 0.476 bits per heavy atom. The van der Waals surface area contributed by atoms with Crippen molar-refractivity contribution in [3.05, 3.63) is 158 Å². The lowest BCUT2D eigenvalue weighted by Crippen LogP contribution is -2.30. The van der Waals surface area contributed by atoms with Crippen molar-refractivity contribution < 1.29 is 28.6 Å². The van der Waals surface area contributed by atoms with Gasteiger partial charge < -0.3 is 14.2 Å². The quantitative estimate of drug-likeness (QED) is 0.0261. The summed E-state index contributed by atoms with van der Waals surface area (Å²) in [6.07, 6.45) is 100. The van der Waals surface area contributed by atoms with E-state index in [9.17, 15) is 14.4 Å². The fourth-order valence-corrected chi connectivity index (χ4v) is 8.77. The van der Waals surface area contributed by atoms with Crippen molar-refractivity contribution in [3.8, 4) is 0 Å². The van der Waals surface area contributed by atoms with E-state index in [0.29, 0.717) is 19.3 Å². The average molecular weight is 1130 g/mol. The van der Waals surface area contributed by atoms with Crippen molar-refractivity contribution in [2.45, 2.75) is 290 Å². The molecular weight excluding hydrogens is 1010 g/mol. The first-order valence-corrected chi connectivity index (χ1v) is 33.5. The summed E-state index contributed by atoms with van der Waals surface area (Å²) >= 11 is 0. The van der Waals surface area contributed by atoms with Gasteiger partial charge in [0.1, 0.15) is 13.2 Å². The molecule has 0 aromatic heterocycles. The minimum absolute atomic E-state index is 0.0940. The lowest BCUT2D eigenvalue weighted by Gasteiger charge is -2.18. The Hall–Kier alpha value is -4.97. The maximum Gasteiger partial charge on any atom is 0.306 e. The van der Waals surface area contributed by atoms with Crippen molar-refractivity contribution >= 4 is 17.9 Å². The van der Waals surface area contributed by atoms with E-state index < -0.39 is 6.10 Å². The van der Waals surface area contributed by atoms with Gasteiger partial charge in [-0.05, 0) is 135 Å². The number of allylic oxidation sites excluding steroid dienone is 26. The lowest BCUT2D eigenvalue weighted by molar-refractivity contribution is -0.167. The van der Waals surface area contributed by atoms with Crippen LogP contribution in [-0.2, 0) is 28.6 Å². The molecule has 6 nitrogen and oxygen atoms in total. The number of rotatable bonds is 59. The summed E-state index contributed by atoms with van der Waals surface area (Å²) in [7, 11) is 0. The Bertz CT molecular complexity index is 1830. The summed E-state index contributed by atoms with van der Waals surface area (Å²) in [6.45, 7) is 6.42. The molecule has 1 atom stereocenters. The second-order valence-corrected chi connectivity index (χ2v) is 21.6. The standard InChI is InChI=1S/C76H122O6/c1-4-7-10-13-16-18-20-22-24-26-28-30-32-33-34-35-36-37-38-39-40-41-42-43-45-46-48-50-52-54-56-58-60-63-66-69-75(78)81-72-73(71-80-74(77)68-65-62-15-12-9-6-3)82-76(79)70-67-64-61-59-57-55-53-51-49-47-44-31-29-27-25-23-21-19-17-14-11-8-5-2/h7,10,16,18,21-24,27-30,33-34,36-37,39-40,42-44,46-48,52,54,73H,4-6,8-9,11-15,17,19-20,25-26,31-32,35,38,41,45,49-51,53,55-72H2,1-3H3/b10-7-,18-16-,23-21-,24-22-,29-27-,30-28-,34-33-,37-36-,40-39-,43-42-,47-44-,48-46-,54-52-. The summed E-state index contributed by atoms with van der Waals surface area (Å²) < 4.78 is 16.8. The molecule has 1 unspecified atom stereocenters. The molecule has 82 heavy (non-hydrogen) atoms. The summed E-state index contributed by atoms with van der Waals surface area (Å²) in [4.78, 5) is 38.0. The van der Waals surface area contributed by atoms with Crippen molar-refractivity contribution in [3.63, 3.8) is 0 Å². The minimum Gasteiger partial charge on any atom is -0.462 e. The third-order valence-corrected chi connectivity index (χ3v) is 13.8. The molecule has 0 fully saturated rings. The molecule has 0 radical (unpaired) electrons. The average Bonchev–Trinajstić information content (AvgIpc) is 3.47. The van der Waals surface area contributed by atoms with Gasteiger partial charge in [-0.1, -0.05) is 288 Å². The number of hydrogen-bond donors (Lipinski definition) is 0. The predicted molar refractivity (Wildman–Crippen MR) is 357 cm³/mol. The van der Waals surface area contributed by atoms with E-state index in [2.05, 4.69) is 179 Å². The highest BCUT2D eigenvalue weighted by Crippen LogP contribution is 2.14. The van der Waals surface area contributed by atoms with Gasteiger partial charge in [0.2, 0.25) is 0 Å². The van der Waals surface area contributed by atoms with Gasteiger partial charge in [-0.15, -0.1) is 0 Å². The van der Waals surface area contributed by atoms with E-state index in [1.807, 2.05) is 0 Å². The van der Waals surface area contributed by atoms with E-state index in [4.69, 9.17) is 14.2 Å². The van der Waals surface area contributed by atoms with Gasteiger partial charge in [0.15, 0.2) is 6.10 Å².